The van der Waals surface area contributed by atoms with E-state index in [0.29, 0.717) is 11.1 Å². The van der Waals surface area contributed by atoms with E-state index in [4.69, 9.17) is 5.11 Å². The molecule has 0 radical (unpaired) electrons. The highest BCUT2D eigenvalue weighted by Gasteiger charge is 2.07. The Bertz CT molecular complexity index is 314. The van der Waals surface area contributed by atoms with Crippen molar-refractivity contribution in [2.45, 2.75) is 6.61 Å². The topological polar surface area (TPSA) is 58.6 Å². The largest absolute Gasteiger partial charge is 0.465 e. The third-order valence-electron chi connectivity index (χ3n) is 1.89. The number of hydrogen-bond acceptors (Lipinski definition) is 4. The van der Waals surface area contributed by atoms with Crippen LogP contribution in [0.1, 0.15) is 15.9 Å². The highest BCUT2D eigenvalue weighted by atomic mass is 16.5. The van der Waals surface area contributed by atoms with E-state index in [1.165, 1.54) is 7.11 Å². The summed E-state index contributed by atoms with van der Waals surface area (Å²) in [6.45, 7) is -0.0977. The number of aliphatic hydroxyl groups is 1. The molecule has 0 aliphatic carbocycles. The first-order valence-electron chi connectivity index (χ1n) is 4.22. The van der Waals surface area contributed by atoms with Gasteiger partial charge in [0.1, 0.15) is 0 Å². The number of methoxy groups -OCH3 is 1. The van der Waals surface area contributed by atoms with Gasteiger partial charge in [-0.3, -0.25) is 0 Å². The number of ether oxygens (including phenoxy) is 1. The second-order valence-electron chi connectivity index (χ2n) is 2.82. The molecule has 0 aliphatic rings. The Labute approximate surface area is 82.5 Å². The molecule has 0 atom stereocenters. The molecule has 1 aromatic carbocycles. The highest BCUT2D eigenvalue weighted by Crippen LogP contribution is 2.15. The van der Waals surface area contributed by atoms with Gasteiger partial charge >= 0.3 is 5.97 Å². The summed E-state index contributed by atoms with van der Waals surface area (Å²) in [5.41, 5.74) is 1.89. The molecule has 0 aromatic heterocycles. The van der Waals surface area contributed by atoms with Gasteiger partial charge in [-0.25, -0.2) is 4.79 Å². The number of nitrogens with one attached hydrogen (secondary N) is 1. The van der Waals surface area contributed by atoms with Gasteiger partial charge in [0.15, 0.2) is 0 Å². The minimum absolute atomic E-state index is 0.0977. The summed E-state index contributed by atoms with van der Waals surface area (Å²) in [4.78, 5) is 11.2. The Morgan fingerprint density at radius 3 is 2.71 bits per heavy atom. The molecule has 0 amide bonds. The average molecular weight is 195 g/mol. The van der Waals surface area contributed by atoms with Crippen LogP contribution in [0, 0.1) is 0 Å². The van der Waals surface area contributed by atoms with E-state index < -0.39 is 5.97 Å². The zero-order valence-electron chi connectivity index (χ0n) is 8.20. The van der Waals surface area contributed by atoms with Crippen LogP contribution in [0.25, 0.3) is 0 Å². The van der Waals surface area contributed by atoms with E-state index >= 15 is 0 Å². The van der Waals surface area contributed by atoms with Crippen LogP contribution in [0.2, 0.25) is 0 Å². The van der Waals surface area contributed by atoms with E-state index in [2.05, 4.69) is 10.1 Å². The molecule has 0 aliphatic heterocycles. The number of benzene rings is 1. The monoisotopic (exact) mass is 195 g/mol. The van der Waals surface area contributed by atoms with Crippen LogP contribution in [0.15, 0.2) is 18.2 Å². The van der Waals surface area contributed by atoms with Crippen LogP contribution in [-0.2, 0) is 11.3 Å². The first kappa shape index (κ1) is 10.5. The van der Waals surface area contributed by atoms with Crippen LogP contribution in [-0.4, -0.2) is 25.2 Å². The first-order valence-corrected chi connectivity index (χ1v) is 4.22. The predicted octanol–water partition coefficient (Wildman–Crippen LogP) is 1.01. The molecule has 0 saturated heterocycles. The van der Waals surface area contributed by atoms with E-state index in [1.54, 1.807) is 25.2 Å². The van der Waals surface area contributed by atoms with Crippen molar-refractivity contribution < 1.29 is 14.6 Å². The number of esters is 1. The van der Waals surface area contributed by atoms with Crippen molar-refractivity contribution >= 4 is 11.7 Å². The molecule has 2 N–H and O–H groups in total. The lowest BCUT2D eigenvalue weighted by Gasteiger charge is -2.06. The third-order valence-corrected chi connectivity index (χ3v) is 1.89. The van der Waals surface area contributed by atoms with Crippen LogP contribution >= 0.6 is 0 Å². The lowest BCUT2D eigenvalue weighted by atomic mass is 10.1. The van der Waals surface area contributed by atoms with Crippen molar-refractivity contribution in [2.75, 3.05) is 19.5 Å². The molecule has 0 saturated carbocycles. The fraction of sp³-hybridized carbons (Fsp3) is 0.300. The molecule has 1 aromatic rings. The molecule has 0 spiro atoms. The SMILES string of the molecule is CNc1cc(CO)cc(C(=O)OC)c1. The maximum atomic E-state index is 11.2. The summed E-state index contributed by atoms with van der Waals surface area (Å²) in [5, 5.41) is 11.9. The zero-order valence-corrected chi connectivity index (χ0v) is 8.20. The number of aliphatic hydroxyl groups excluding tert-OH is 1. The number of hydrogen-bond donors (Lipinski definition) is 2. The van der Waals surface area contributed by atoms with Gasteiger partial charge in [-0.2, -0.15) is 0 Å². The molecule has 0 heterocycles. The Hall–Kier alpha value is -1.55. The standard InChI is InChI=1S/C10H13NO3/c1-11-9-4-7(6-12)3-8(5-9)10(13)14-2/h3-5,11-12H,6H2,1-2H3. The van der Waals surface area contributed by atoms with Gasteiger partial charge in [0.05, 0.1) is 19.3 Å². The average Bonchev–Trinajstić information content (AvgIpc) is 2.27. The molecule has 14 heavy (non-hydrogen) atoms. The van der Waals surface area contributed by atoms with Crippen molar-refractivity contribution in [3.05, 3.63) is 29.3 Å². The van der Waals surface area contributed by atoms with E-state index in [9.17, 15) is 4.79 Å². The lowest BCUT2D eigenvalue weighted by molar-refractivity contribution is 0.0600. The number of anilines is 1. The minimum atomic E-state index is -0.406. The van der Waals surface area contributed by atoms with Gasteiger partial charge in [0, 0.05) is 12.7 Å². The summed E-state index contributed by atoms with van der Waals surface area (Å²) in [6, 6.07) is 5.05. The number of rotatable bonds is 3. The Balaban J connectivity index is 3.10. The highest BCUT2D eigenvalue weighted by molar-refractivity contribution is 5.90. The van der Waals surface area contributed by atoms with Crippen molar-refractivity contribution in [3.63, 3.8) is 0 Å². The van der Waals surface area contributed by atoms with Crippen molar-refractivity contribution in [2.24, 2.45) is 0 Å². The molecular weight excluding hydrogens is 182 g/mol. The third kappa shape index (κ3) is 2.23. The molecule has 4 nitrogen and oxygen atoms in total. The molecule has 0 fully saturated rings. The predicted molar refractivity (Wildman–Crippen MR) is 53.3 cm³/mol. The van der Waals surface area contributed by atoms with Gasteiger partial charge in [-0.15, -0.1) is 0 Å². The molecule has 0 unspecified atom stereocenters. The summed E-state index contributed by atoms with van der Waals surface area (Å²) in [6.07, 6.45) is 0. The molecule has 1 rings (SSSR count). The van der Waals surface area contributed by atoms with Gasteiger partial charge < -0.3 is 15.2 Å². The molecule has 0 bridgehead atoms. The van der Waals surface area contributed by atoms with Gasteiger partial charge in [0.2, 0.25) is 0 Å². The summed E-state index contributed by atoms with van der Waals surface area (Å²) < 4.78 is 4.59. The summed E-state index contributed by atoms with van der Waals surface area (Å²) in [7, 11) is 3.07. The number of carbonyl (C=O) groups excluding carboxylic acids is 1. The second kappa shape index (κ2) is 4.62. The normalized spacial score (nSPS) is 9.64. The van der Waals surface area contributed by atoms with E-state index in [-0.39, 0.29) is 6.61 Å². The van der Waals surface area contributed by atoms with Crippen LogP contribution in [0.4, 0.5) is 5.69 Å². The summed E-state index contributed by atoms with van der Waals surface area (Å²) in [5.74, 6) is -0.406. The van der Waals surface area contributed by atoms with Crippen molar-refractivity contribution in [1.82, 2.24) is 0 Å². The second-order valence-corrected chi connectivity index (χ2v) is 2.82. The van der Waals surface area contributed by atoms with E-state index in [1.807, 2.05) is 0 Å². The van der Waals surface area contributed by atoms with Gasteiger partial charge in [-0.05, 0) is 23.8 Å². The fourth-order valence-electron chi connectivity index (χ4n) is 1.16. The lowest BCUT2D eigenvalue weighted by Crippen LogP contribution is -2.03. The Morgan fingerprint density at radius 2 is 2.21 bits per heavy atom. The number of carbonyl (C=O) groups is 1. The minimum Gasteiger partial charge on any atom is -0.465 e. The fourth-order valence-corrected chi connectivity index (χ4v) is 1.16. The quantitative estimate of drug-likeness (QED) is 0.706. The maximum absolute atomic E-state index is 11.2. The van der Waals surface area contributed by atoms with E-state index in [0.717, 1.165) is 5.69 Å². The molecular formula is C10H13NO3. The van der Waals surface area contributed by atoms with Gasteiger partial charge in [-0.1, -0.05) is 0 Å². The Kier molecular flexibility index (Phi) is 3.48. The van der Waals surface area contributed by atoms with Crippen molar-refractivity contribution in [1.29, 1.82) is 0 Å². The van der Waals surface area contributed by atoms with Crippen molar-refractivity contribution in [3.8, 4) is 0 Å². The summed E-state index contributed by atoms with van der Waals surface area (Å²) >= 11 is 0. The van der Waals surface area contributed by atoms with Crippen LogP contribution in [0.3, 0.4) is 0 Å². The maximum Gasteiger partial charge on any atom is 0.337 e. The smallest absolute Gasteiger partial charge is 0.337 e. The first-order chi connectivity index (χ1) is 6.71. The zero-order chi connectivity index (χ0) is 10.6. The van der Waals surface area contributed by atoms with Crippen LogP contribution < -0.4 is 5.32 Å². The molecule has 4 heteroatoms. The van der Waals surface area contributed by atoms with Gasteiger partial charge in [0.25, 0.3) is 0 Å². The van der Waals surface area contributed by atoms with Crippen LogP contribution in [0.5, 0.6) is 0 Å². The Morgan fingerprint density at radius 1 is 1.50 bits per heavy atom. The molecule has 76 valence electrons.